The van der Waals surface area contributed by atoms with Crippen LogP contribution in [0.1, 0.15) is 75.0 Å². The molecular formula is C25H35N5O4. The number of carbonyl (C=O) groups excluding carboxylic acids is 2. The van der Waals surface area contributed by atoms with Crippen molar-refractivity contribution in [3.63, 3.8) is 0 Å². The van der Waals surface area contributed by atoms with E-state index in [1.807, 2.05) is 18.7 Å². The van der Waals surface area contributed by atoms with Crippen LogP contribution in [0.3, 0.4) is 0 Å². The summed E-state index contributed by atoms with van der Waals surface area (Å²) in [6.07, 6.45) is 6.93. The van der Waals surface area contributed by atoms with Crippen molar-refractivity contribution in [1.29, 1.82) is 0 Å². The summed E-state index contributed by atoms with van der Waals surface area (Å²) in [6, 6.07) is 0.266. The number of nitrogens with one attached hydrogen (secondary N) is 1. The number of fused-ring (bicyclic) bond motifs is 1. The molecule has 1 aliphatic heterocycles. The molecule has 1 atom stereocenters. The van der Waals surface area contributed by atoms with Gasteiger partial charge in [-0.25, -0.2) is 0 Å². The molecule has 0 bridgehead atoms. The zero-order chi connectivity index (χ0) is 24.7. The molecule has 2 aliphatic rings. The molecule has 2 aromatic heterocycles. The standard InChI is InChI=1S/C25H35N5O4/c1-14(2)13-29-23-18(10-11-20(31)28-12-6-7-19(28)15(3)4)16(5)27-30(23)25(34)21(24(29)33)22(32)26-17-8-9-17/h10-11,14-15,17,19,33H,6-9,12-13H2,1-5H3,(H,26,32)/b11-10+/t19-/m1/s1. The number of carbonyl (C=O) groups is 2. The van der Waals surface area contributed by atoms with Crippen LogP contribution in [0.4, 0.5) is 0 Å². The maximum absolute atomic E-state index is 13.2. The van der Waals surface area contributed by atoms with Crippen LogP contribution in [-0.4, -0.2) is 54.6 Å². The van der Waals surface area contributed by atoms with E-state index in [1.54, 1.807) is 17.6 Å². The van der Waals surface area contributed by atoms with Gasteiger partial charge in [-0.05, 0) is 50.5 Å². The van der Waals surface area contributed by atoms with Crippen LogP contribution in [0, 0.1) is 18.8 Å². The average Bonchev–Trinajstić information content (AvgIpc) is 3.31. The molecule has 1 saturated heterocycles. The molecule has 0 aromatic carbocycles. The lowest BCUT2D eigenvalue weighted by atomic mass is 10.0. The van der Waals surface area contributed by atoms with Crippen LogP contribution in [0.2, 0.25) is 0 Å². The van der Waals surface area contributed by atoms with Gasteiger partial charge >= 0.3 is 0 Å². The Kier molecular flexibility index (Phi) is 6.55. The van der Waals surface area contributed by atoms with Crippen molar-refractivity contribution < 1.29 is 14.7 Å². The summed E-state index contributed by atoms with van der Waals surface area (Å²) in [7, 11) is 0. The molecule has 9 heteroatoms. The zero-order valence-corrected chi connectivity index (χ0v) is 20.7. The minimum Gasteiger partial charge on any atom is -0.494 e. The molecule has 3 heterocycles. The van der Waals surface area contributed by atoms with Crippen molar-refractivity contribution in [1.82, 2.24) is 24.4 Å². The number of likely N-dealkylation sites (tertiary alicyclic amines) is 1. The quantitative estimate of drug-likeness (QED) is 0.606. The lowest BCUT2D eigenvalue weighted by Gasteiger charge is -2.26. The highest BCUT2D eigenvalue weighted by molar-refractivity contribution is 5.97. The average molecular weight is 470 g/mol. The second-order valence-corrected chi connectivity index (χ2v) is 10.3. The highest BCUT2D eigenvalue weighted by Crippen LogP contribution is 2.27. The Balaban J connectivity index is 1.79. The predicted octanol–water partition coefficient (Wildman–Crippen LogP) is 2.72. The van der Waals surface area contributed by atoms with Crippen molar-refractivity contribution in [3.8, 4) is 5.88 Å². The molecule has 0 unspecified atom stereocenters. The van der Waals surface area contributed by atoms with Crippen molar-refractivity contribution in [2.45, 2.75) is 78.9 Å². The molecule has 1 aliphatic carbocycles. The van der Waals surface area contributed by atoms with Gasteiger partial charge in [-0.1, -0.05) is 27.7 Å². The van der Waals surface area contributed by atoms with Crippen LogP contribution >= 0.6 is 0 Å². The van der Waals surface area contributed by atoms with Gasteiger partial charge in [-0.15, -0.1) is 0 Å². The SMILES string of the molecule is Cc1nn2c(=O)c(C(=O)NC3CC3)c(O)n(CC(C)C)c2c1/C=C/C(=O)N1CCC[C@@H]1C(C)C. The van der Waals surface area contributed by atoms with Crippen LogP contribution < -0.4 is 10.9 Å². The molecule has 2 amide bonds. The third-order valence-corrected chi connectivity index (χ3v) is 6.65. The Bertz CT molecular complexity index is 1200. The first-order valence-corrected chi connectivity index (χ1v) is 12.2. The summed E-state index contributed by atoms with van der Waals surface area (Å²) in [6.45, 7) is 11.1. The zero-order valence-electron chi connectivity index (χ0n) is 20.7. The number of aromatic hydroxyl groups is 1. The molecule has 2 aromatic rings. The third-order valence-electron chi connectivity index (χ3n) is 6.65. The lowest BCUT2D eigenvalue weighted by Crippen LogP contribution is -2.37. The molecule has 0 radical (unpaired) electrons. The van der Waals surface area contributed by atoms with Gasteiger partial charge in [0.05, 0.1) is 5.69 Å². The highest BCUT2D eigenvalue weighted by Gasteiger charge is 2.31. The van der Waals surface area contributed by atoms with Crippen molar-refractivity contribution >= 4 is 23.5 Å². The molecule has 184 valence electrons. The topological polar surface area (TPSA) is 109 Å². The largest absolute Gasteiger partial charge is 0.494 e. The summed E-state index contributed by atoms with van der Waals surface area (Å²) in [5, 5.41) is 18.2. The van der Waals surface area contributed by atoms with E-state index in [0.29, 0.717) is 29.4 Å². The Morgan fingerprint density at radius 2 is 1.91 bits per heavy atom. The summed E-state index contributed by atoms with van der Waals surface area (Å²) in [5.41, 5.74) is 0.531. The second-order valence-electron chi connectivity index (χ2n) is 10.3. The smallest absolute Gasteiger partial charge is 0.291 e. The Morgan fingerprint density at radius 1 is 1.21 bits per heavy atom. The number of hydrogen-bond donors (Lipinski definition) is 2. The van der Waals surface area contributed by atoms with Crippen LogP contribution in [0.15, 0.2) is 10.9 Å². The molecule has 9 nitrogen and oxygen atoms in total. The van der Waals surface area contributed by atoms with Gasteiger partial charge in [0.15, 0.2) is 5.56 Å². The van der Waals surface area contributed by atoms with Gasteiger partial charge in [0, 0.05) is 36.8 Å². The number of nitrogens with zero attached hydrogens (tertiary/aromatic N) is 4. The monoisotopic (exact) mass is 469 g/mol. The van der Waals surface area contributed by atoms with Crippen LogP contribution in [0.25, 0.3) is 11.7 Å². The van der Waals surface area contributed by atoms with E-state index in [2.05, 4.69) is 24.3 Å². The Labute approximate surface area is 199 Å². The first-order chi connectivity index (χ1) is 16.1. The highest BCUT2D eigenvalue weighted by atomic mass is 16.3. The summed E-state index contributed by atoms with van der Waals surface area (Å²) in [5.74, 6) is -0.519. The fraction of sp³-hybridized carbons (Fsp3) is 0.600. The Hall–Kier alpha value is -3.10. The summed E-state index contributed by atoms with van der Waals surface area (Å²) < 4.78 is 2.74. The van der Waals surface area contributed by atoms with E-state index >= 15 is 0 Å². The second kappa shape index (κ2) is 9.27. The number of amides is 2. The number of rotatable bonds is 7. The van der Waals surface area contributed by atoms with Crippen molar-refractivity contribution in [2.24, 2.45) is 11.8 Å². The fourth-order valence-corrected chi connectivity index (χ4v) is 4.79. The maximum Gasteiger partial charge on any atom is 0.291 e. The predicted molar refractivity (Wildman–Crippen MR) is 130 cm³/mol. The number of aromatic nitrogens is 3. The molecule has 2 N–H and O–H groups in total. The van der Waals surface area contributed by atoms with Crippen LogP contribution in [0.5, 0.6) is 5.88 Å². The number of hydrogen-bond acceptors (Lipinski definition) is 5. The molecule has 0 spiro atoms. The van der Waals surface area contributed by atoms with E-state index in [-0.39, 0.29) is 35.4 Å². The summed E-state index contributed by atoms with van der Waals surface area (Å²) >= 11 is 0. The number of aryl methyl sites for hydroxylation is 1. The lowest BCUT2D eigenvalue weighted by molar-refractivity contribution is -0.127. The van der Waals surface area contributed by atoms with E-state index < -0.39 is 11.5 Å². The van der Waals surface area contributed by atoms with Gasteiger partial charge in [-0.3, -0.25) is 19.0 Å². The van der Waals surface area contributed by atoms with E-state index in [9.17, 15) is 19.5 Å². The maximum atomic E-state index is 13.2. The molecule has 34 heavy (non-hydrogen) atoms. The first kappa shape index (κ1) is 24.0. The normalized spacial score (nSPS) is 18.7. The minimum atomic E-state index is -0.667. The van der Waals surface area contributed by atoms with E-state index in [1.165, 1.54) is 10.6 Å². The van der Waals surface area contributed by atoms with Gasteiger partial charge in [0.25, 0.3) is 11.5 Å². The van der Waals surface area contributed by atoms with E-state index in [4.69, 9.17) is 0 Å². The Morgan fingerprint density at radius 3 is 2.53 bits per heavy atom. The van der Waals surface area contributed by atoms with Gasteiger partial charge in [0.1, 0.15) is 5.65 Å². The first-order valence-electron chi connectivity index (χ1n) is 12.2. The van der Waals surface area contributed by atoms with Gasteiger partial charge in [-0.2, -0.15) is 9.61 Å². The molecule has 4 rings (SSSR count). The van der Waals surface area contributed by atoms with Crippen LogP contribution in [-0.2, 0) is 11.3 Å². The van der Waals surface area contributed by atoms with Gasteiger partial charge in [0.2, 0.25) is 11.8 Å². The molecular weight excluding hydrogens is 434 g/mol. The fourth-order valence-electron chi connectivity index (χ4n) is 4.79. The van der Waals surface area contributed by atoms with Gasteiger partial charge < -0.3 is 15.3 Å². The minimum absolute atomic E-state index is 0.0460. The molecule has 2 fully saturated rings. The van der Waals surface area contributed by atoms with Crippen molar-refractivity contribution in [3.05, 3.63) is 33.3 Å². The van der Waals surface area contributed by atoms with E-state index in [0.717, 1.165) is 32.2 Å². The molecule has 1 saturated carbocycles. The van der Waals surface area contributed by atoms with Crippen molar-refractivity contribution in [2.75, 3.05) is 6.54 Å². The summed E-state index contributed by atoms with van der Waals surface area (Å²) in [4.78, 5) is 40.9. The third kappa shape index (κ3) is 4.48.